The number of carbonyl (C=O) groups excluding carboxylic acids is 1. The summed E-state index contributed by atoms with van der Waals surface area (Å²) in [7, 11) is 2.92. The van der Waals surface area contributed by atoms with E-state index in [1.54, 1.807) is 7.11 Å². The summed E-state index contributed by atoms with van der Waals surface area (Å²) in [6.07, 6.45) is 2.07. The van der Waals surface area contributed by atoms with Crippen molar-refractivity contribution in [1.29, 1.82) is 0 Å². The first kappa shape index (κ1) is 16.2. The first-order chi connectivity index (χ1) is 10.7. The van der Waals surface area contributed by atoms with Gasteiger partial charge in [0, 0.05) is 19.2 Å². The van der Waals surface area contributed by atoms with Gasteiger partial charge in [0.15, 0.2) is 0 Å². The van der Waals surface area contributed by atoms with Gasteiger partial charge >= 0.3 is 6.16 Å². The number of benzene rings is 1. The second-order valence-corrected chi connectivity index (χ2v) is 4.82. The minimum absolute atomic E-state index is 0.554. The molecule has 0 aliphatic carbocycles. The van der Waals surface area contributed by atoms with Crippen LogP contribution in [0, 0.1) is 0 Å². The minimum Gasteiger partial charge on any atom is -0.497 e. The predicted molar refractivity (Wildman–Crippen MR) is 81.1 cm³/mol. The Morgan fingerprint density at radius 3 is 2.86 bits per heavy atom. The summed E-state index contributed by atoms with van der Waals surface area (Å²) in [6, 6.07) is 7.51. The molecule has 2 rings (SSSR count). The minimum atomic E-state index is -0.680. The van der Waals surface area contributed by atoms with Gasteiger partial charge in [0.05, 0.1) is 20.8 Å². The SMILES string of the molecule is COC(=O)OC1=CCCN(CCOc2cccc(OC)c2)C1. The van der Waals surface area contributed by atoms with Crippen LogP contribution in [0.5, 0.6) is 11.5 Å². The molecule has 1 heterocycles. The number of nitrogens with zero attached hydrogens (tertiary/aromatic N) is 1. The fourth-order valence-corrected chi connectivity index (χ4v) is 2.17. The lowest BCUT2D eigenvalue weighted by Crippen LogP contribution is -2.34. The largest absolute Gasteiger partial charge is 0.513 e. The molecule has 0 saturated heterocycles. The van der Waals surface area contributed by atoms with Crippen LogP contribution in [0.3, 0.4) is 0 Å². The topological polar surface area (TPSA) is 57.2 Å². The number of methoxy groups -OCH3 is 2. The second-order valence-electron chi connectivity index (χ2n) is 4.82. The van der Waals surface area contributed by atoms with E-state index in [4.69, 9.17) is 14.2 Å². The lowest BCUT2D eigenvalue weighted by molar-refractivity contribution is 0.0859. The average molecular weight is 307 g/mol. The second kappa shape index (κ2) is 8.29. The van der Waals surface area contributed by atoms with Gasteiger partial charge < -0.3 is 18.9 Å². The summed E-state index contributed by atoms with van der Waals surface area (Å²) in [5.41, 5.74) is 0. The van der Waals surface area contributed by atoms with Crippen LogP contribution in [0.1, 0.15) is 6.42 Å². The molecule has 0 fully saturated rings. The quantitative estimate of drug-likeness (QED) is 0.752. The Labute approximate surface area is 130 Å². The van der Waals surface area contributed by atoms with Crippen molar-refractivity contribution in [2.24, 2.45) is 0 Å². The molecule has 6 heteroatoms. The number of ether oxygens (including phenoxy) is 4. The number of rotatable bonds is 6. The molecule has 0 unspecified atom stereocenters. The maximum absolute atomic E-state index is 11.1. The van der Waals surface area contributed by atoms with Crippen molar-refractivity contribution >= 4 is 6.16 Å². The van der Waals surface area contributed by atoms with Crippen molar-refractivity contribution in [2.45, 2.75) is 6.42 Å². The van der Waals surface area contributed by atoms with Crippen molar-refractivity contribution in [1.82, 2.24) is 4.90 Å². The van der Waals surface area contributed by atoms with Crippen LogP contribution >= 0.6 is 0 Å². The Balaban J connectivity index is 1.75. The van der Waals surface area contributed by atoms with Crippen LogP contribution in [0.15, 0.2) is 36.1 Å². The van der Waals surface area contributed by atoms with Crippen molar-refractivity contribution in [3.63, 3.8) is 0 Å². The van der Waals surface area contributed by atoms with E-state index in [9.17, 15) is 4.79 Å². The predicted octanol–water partition coefficient (Wildman–Crippen LogP) is 2.45. The van der Waals surface area contributed by atoms with Gasteiger partial charge in [0.2, 0.25) is 0 Å². The Kier molecular flexibility index (Phi) is 6.09. The number of hydrogen-bond donors (Lipinski definition) is 0. The molecule has 1 aliphatic heterocycles. The molecule has 0 N–H and O–H groups in total. The highest BCUT2D eigenvalue weighted by Gasteiger charge is 2.16. The van der Waals surface area contributed by atoms with E-state index >= 15 is 0 Å². The van der Waals surface area contributed by atoms with Gasteiger partial charge in [-0.2, -0.15) is 0 Å². The van der Waals surface area contributed by atoms with E-state index in [-0.39, 0.29) is 0 Å². The summed E-state index contributed by atoms with van der Waals surface area (Å²) < 4.78 is 20.4. The fraction of sp³-hybridized carbons (Fsp3) is 0.438. The van der Waals surface area contributed by atoms with Crippen LogP contribution in [0.2, 0.25) is 0 Å². The highest BCUT2D eigenvalue weighted by molar-refractivity contribution is 5.61. The normalized spacial score (nSPS) is 14.9. The summed E-state index contributed by atoms with van der Waals surface area (Å²) in [5.74, 6) is 2.17. The summed E-state index contributed by atoms with van der Waals surface area (Å²) >= 11 is 0. The van der Waals surface area contributed by atoms with Crippen LogP contribution in [0.4, 0.5) is 4.79 Å². The third kappa shape index (κ3) is 4.96. The van der Waals surface area contributed by atoms with Crippen LogP contribution < -0.4 is 9.47 Å². The zero-order chi connectivity index (χ0) is 15.8. The fourth-order valence-electron chi connectivity index (χ4n) is 2.17. The molecular formula is C16H21NO5. The Bertz CT molecular complexity index is 529. The molecule has 0 saturated carbocycles. The third-order valence-corrected chi connectivity index (χ3v) is 3.30. The monoisotopic (exact) mass is 307 g/mol. The van der Waals surface area contributed by atoms with Crippen molar-refractivity contribution in [2.75, 3.05) is 40.5 Å². The summed E-state index contributed by atoms with van der Waals surface area (Å²) in [6.45, 7) is 2.80. The lowest BCUT2D eigenvalue weighted by atomic mass is 10.2. The maximum atomic E-state index is 11.1. The number of carbonyl (C=O) groups is 1. The molecule has 0 spiro atoms. The molecule has 1 aromatic carbocycles. The summed E-state index contributed by atoms with van der Waals surface area (Å²) in [5, 5.41) is 0. The molecule has 6 nitrogen and oxygen atoms in total. The van der Waals surface area contributed by atoms with Crippen LogP contribution in [0.25, 0.3) is 0 Å². The van der Waals surface area contributed by atoms with E-state index in [0.29, 0.717) is 18.9 Å². The molecular weight excluding hydrogens is 286 g/mol. The molecule has 0 bridgehead atoms. The number of hydrogen-bond acceptors (Lipinski definition) is 6. The Morgan fingerprint density at radius 2 is 2.09 bits per heavy atom. The van der Waals surface area contributed by atoms with E-state index in [1.165, 1.54) is 7.11 Å². The zero-order valence-corrected chi connectivity index (χ0v) is 12.9. The van der Waals surface area contributed by atoms with Gasteiger partial charge in [-0.1, -0.05) is 6.07 Å². The molecule has 1 aliphatic rings. The smallest absolute Gasteiger partial charge is 0.497 e. The molecule has 0 aromatic heterocycles. The van der Waals surface area contributed by atoms with Gasteiger partial charge in [-0.15, -0.1) is 0 Å². The first-order valence-electron chi connectivity index (χ1n) is 7.15. The van der Waals surface area contributed by atoms with Crippen molar-refractivity contribution in [3.05, 3.63) is 36.1 Å². The molecule has 0 atom stereocenters. The van der Waals surface area contributed by atoms with Gasteiger partial charge in [0.25, 0.3) is 0 Å². The molecule has 0 amide bonds. The summed E-state index contributed by atoms with van der Waals surface area (Å²) in [4.78, 5) is 13.3. The molecule has 22 heavy (non-hydrogen) atoms. The zero-order valence-electron chi connectivity index (χ0n) is 12.9. The van der Waals surface area contributed by atoms with Gasteiger partial charge in [0.1, 0.15) is 23.9 Å². The Morgan fingerprint density at radius 1 is 1.27 bits per heavy atom. The molecule has 1 aromatic rings. The van der Waals surface area contributed by atoms with Crippen molar-refractivity contribution < 1.29 is 23.7 Å². The Hall–Kier alpha value is -2.21. The lowest BCUT2D eigenvalue weighted by Gasteiger charge is -2.26. The van der Waals surface area contributed by atoms with Crippen LogP contribution in [-0.4, -0.2) is 51.5 Å². The van der Waals surface area contributed by atoms with E-state index in [0.717, 1.165) is 31.0 Å². The molecule has 0 radical (unpaired) electrons. The van der Waals surface area contributed by atoms with E-state index in [2.05, 4.69) is 9.64 Å². The van der Waals surface area contributed by atoms with Crippen LogP contribution in [-0.2, 0) is 9.47 Å². The highest BCUT2D eigenvalue weighted by Crippen LogP contribution is 2.19. The highest BCUT2D eigenvalue weighted by atomic mass is 16.7. The maximum Gasteiger partial charge on any atom is 0.513 e. The molecule has 120 valence electrons. The van der Waals surface area contributed by atoms with Gasteiger partial charge in [-0.3, -0.25) is 4.90 Å². The van der Waals surface area contributed by atoms with Gasteiger partial charge in [-0.25, -0.2) is 4.79 Å². The van der Waals surface area contributed by atoms with Crippen molar-refractivity contribution in [3.8, 4) is 11.5 Å². The first-order valence-corrected chi connectivity index (χ1v) is 7.15. The van der Waals surface area contributed by atoms with E-state index < -0.39 is 6.16 Å². The van der Waals surface area contributed by atoms with Gasteiger partial charge in [-0.05, 0) is 24.6 Å². The van der Waals surface area contributed by atoms with E-state index in [1.807, 2.05) is 30.3 Å². The third-order valence-electron chi connectivity index (χ3n) is 3.30. The average Bonchev–Trinajstić information content (AvgIpc) is 2.55. The standard InChI is InChI=1S/C16H21NO5/c1-19-13-5-3-6-14(11-13)21-10-9-17-8-4-7-15(12-17)22-16(18)20-2/h3,5-7,11H,4,8-10,12H2,1-2H3.